The first-order valence-corrected chi connectivity index (χ1v) is 10.1. The molecule has 0 bridgehead atoms. The van der Waals surface area contributed by atoms with Crippen LogP contribution in [0.4, 0.5) is 0 Å². The fourth-order valence-electron chi connectivity index (χ4n) is 3.25. The lowest BCUT2D eigenvalue weighted by Crippen LogP contribution is -2.63. The van der Waals surface area contributed by atoms with Crippen molar-refractivity contribution in [1.82, 2.24) is 4.90 Å². The Morgan fingerprint density at radius 1 is 1.08 bits per heavy atom. The van der Waals surface area contributed by atoms with Crippen LogP contribution < -0.4 is 0 Å². The van der Waals surface area contributed by atoms with Crippen LogP contribution in [0.5, 0.6) is 0 Å². The van der Waals surface area contributed by atoms with Crippen molar-refractivity contribution in [2.45, 2.75) is 33.2 Å². The highest BCUT2D eigenvalue weighted by Crippen LogP contribution is 2.39. The molecule has 134 valence electrons. The number of hydrogen-bond acceptors (Lipinski definition) is 5. The standard InChI is InChI=1S/C18H28N2O3S/c1-17(2,3)18(4,20-11-13-24(21,22)14-12-20)16(19-23-5)15-9-7-6-8-10-15/h6-10H,11-14H2,1-5H3. The van der Waals surface area contributed by atoms with Gasteiger partial charge in [0.1, 0.15) is 12.8 Å². The smallest absolute Gasteiger partial charge is 0.152 e. The summed E-state index contributed by atoms with van der Waals surface area (Å²) in [4.78, 5) is 7.41. The molecule has 0 spiro atoms. The average Bonchev–Trinajstić information content (AvgIpc) is 2.51. The van der Waals surface area contributed by atoms with E-state index in [2.05, 4.69) is 37.8 Å². The van der Waals surface area contributed by atoms with Crippen molar-refractivity contribution in [2.24, 2.45) is 10.6 Å². The van der Waals surface area contributed by atoms with Crippen molar-refractivity contribution in [1.29, 1.82) is 0 Å². The van der Waals surface area contributed by atoms with Gasteiger partial charge in [-0.2, -0.15) is 0 Å². The minimum atomic E-state index is -2.94. The molecule has 1 aromatic rings. The SMILES string of the molecule is CON=C(c1ccccc1)C(C)(N1CCS(=O)(=O)CC1)C(C)(C)C. The van der Waals surface area contributed by atoms with Crippen molar-refractivity contribution < 1.29 is 13.3 Å². The molecule has 0 amide bonds. The van der Waals surface area contributed by atoms with Crippen molar-refractivity contribution in [2.75, 3.05) is 31.7 Å². The van der Waals surface area contributed by atoms with Crippen LogP contribution in [0.15, 0.2) is 35.5 Å². The quantitative estimate of drug-likeness (QED) is 0.617. The lowest BCUT2D eigenvalue weighted by Gasteiger charge is -2.51. The van der Waals surface area contributed by atoms with Crippen molar-refractivity contribution in [3.05, 3.63) is 35.9 Å². The second-order valence-corrected chi connectivity index (χ2v) is 9.75. The van der Waals surface area contributed by atoms with Crippen LogP contribution >= 0.6 is 0 Å². The van der Waals surface area contributed by atoms with Crippen LogP contribution in [-0.4, -0.2) is 56.3 Å². The molecule has 6 heteroatoms. The fraction of sp³-hybridized carbons (Fsp3) is 0.611. The molecule has 0 aliphatic carbocycles. The van der Waals surface area contributed by atoms with Gasteiger partial charge < -0.3 is 4.84 Å². The van der Waals surface area contributed by atoms with Gasteiger partial charge in [0.15, 0.2) is 9.84 Å². The Hall–Kier alpha value is -1.40. The lowest BCUT2D eigenvalue weighted by atomic mass is 9.69. The topological polar surface area (TPSA) is 59.0 Å². The Morgan fingerprint density at radius 3 is 2.08 bits per heavy atom. The monoisotopic (exact) mass is 352 g/mol. The molecule has 1 aliphatic rings. The molecule has 0 N–H and O–H groups in total. The molecule has 1 heterocycles. The summed E-state index contributed by atoms with van der Waals surface area (Å²) in [6.07, 6.45) is 0. The summed E-state index contributed by atoms with van der Waals surface area (Å²) in [6.45, 7) is 9.62. The van der Waals surface area contributed by atoms with E-state index in [-0.39, 0.29) is 16.9 Å². The van der Waals surface area contributed by atoms with Crippen molar-refractivity contribution >= 4 is 15.5 Å². The number of rotatable bonds is 4. The van der Waals surface area contributed by atoms with E-state index in [1.807, 2.05) is 30.3 Å². The second kappa shape index (κ2) is 6.84. The van der Waals surface area contributed by atoms with Gasteiger partial charge in [0.25, 0.3) is 0 Å². The number of hydrogen-bond donors (Lipinski definition) is 0. The molecule has 0 radical (unpaired) electrons. The normalized spacial score (nSPS) is 22.0. The maximum absolute atomic E-state index is 11.9. The zero-order chi connectivity index (χ0) is 18.0. The maximum Gasteiger partial charge on any atom is 0.152 e. The molecule has 1 fully saturated rings. The van der Waals surface area contributed by atoms with Crippen LogP contribution in [0.2, 0.25) is 0 Å². The Labute approximate surface area is 145 Å². The van der Waals surface area contributed by atoms with Gasteiger partial charge in [-0.15, -0.1) is 0 Å². The molecular formula is C18H28N2O3S. The van der Waals surface area contributed by atoms with E-state index in [0.29, 0.717) is 13.1 Å². The van der Waals surface area contributed by atoms with E-state index in [9.17, 15) is 8.42 Å². The highest BCUT2D eigenvalue weighted by molar-refractivity contribution is 7.91. The van der Waals surface area contributed by atoms with E-state index in [0.717, 1.165) is 11.3 Å². The summed E-state index contributed by atoms with van der Waals surface area (Å²) >= 11 is 0. The first-order chi connectivity index (χ1) is 11.1. The van der Waals surface area contributed by atoms with E-state index in [1.165, 1.54) is 0 Å². The molecule has 2 rings (SSSR count). The number of nitrogens with zero attached hydrogens (tertiary/aromatic N) is 2. The first-order valence-electron chi connectivity index (χ1n) is 8.24. The van der Waals surface area contributed by atoms with Gasteiger partial charge in [-0.05, 0) is 12.3 Å². The van der Waals surface area contributed by atoms with Gasteiger partial charge in [0.2, 0.25) is 0 Å². The third kappa shape index (κ3) is 3.64. The Balaban J connectivity index is 2.52. The van der Waals surface area contributed by atoms with Crippen LogP contribution in [0, 0.1) is 5.41 Å². The average molecular weight is 353 g/mol. The largest absolute Gasteiger partial charge is 0.399 e. The van der Waals surface area contributed by atoms with Crippen LogP contribution in [0.25, 0.3) is 0 Å². The Bertz CT molecular complexity index is 679. The Kier molecular flexibility index (Phi) is 5.40. The van der Waals surface area contributed by atoms with Crippen molar-refractivity contribution in [3.8, 4) is 0 Å². The van der Waals surface area contributed by atoms with Crippen LogP contribution in [0.3, 0.4) is 0 Å². The second-order valence-electron chi connectivity index (χ2n) is 7.45. The molecule has 5 nitrogen and oxygen atoms in total. The van der Waals surface area contributed by atoms with Crippen molar-refractivity contribution in [3.63, 3.8) is 0 Å². The van der Waals surface area contributed by atoms with E-state index in [4.69, 9.17) is 4.84 Å². The van der Waals surface area contributed by atoms with Gasteiger partial charge in [-0.3, -0.25) is 4.90 Å². The molecule has 1 aliphatic heterocycles. The molecule has 0 aromatic heterocycles. The number of benzene rings is 1. The van der Waals surface area contributed by atoms with Gasteiger partial charge in [-0.1, -0.05) is 56.3 Å². The fourth-order valence-corrected chi connectivity index (χ4v) is 4.45. The van der Waals surface area contributed by atoms with Gasteiger partial charge in [0, 0.05) is 18.7 Å². The van der Waals surface area contributed by atoms with Gasteiger partial charge in [-0.25, -0.2) is 8.42 Å². The summed E-state index contributed by atoms with van der Waals surface area (Å²) in [5.41, 5.74) is 1.20. The summed E-state index contributed by atoms with van der Waals surface area (Å²) in [5.74, 6) is 0.376. The highest BCUT2D eigenvalue weighted by Gasteiger charge is 2.49. The number of sulfone groups is 1. The predicted molar refractivity (Wildman–Crippen MR) is 98.1 cm³/mol. The number of oxime groups is 1. The van der Waals surface area contributed by atoms with E-state index < -0.39 is 15.4 Å². The zero-order valence-corrected chi connectivity index (χ0v) is 16.1. The zero-order valence-electron chi connectivity index (χ0n) is 15.2. The van der Waals surface area contributed by atoms with Gasteiger partial charge in [0.05, 0.1) is 17.0 Å². The summed E-state index contributed by atoms with van der Waals surface area (Å²) < 4.78 is 23.7. The summed E-state index contributed by atoms with van der Waals surface area (Å²) in [7, 11) is -1.39. The molecule has 0 saturated carbocycles. The maximum atomic E-state index is 11.9. The molecule has 1 aromatic carbocycles. The molecule has 1 saturated heterocycles. The third-order valence-corrected chi connectivity index (χ3v) is 6.74. The van der Waals surface area contributed by atoms with Gasteiger partial charge >= 0.3 is 0 Å². The summed E-state index contributed by atoms with van der Waals surface area (Å²) in [5, 5.41) is 4.37. The highest BCUT2D eigenvalue weighted by atomic mass is 32.2. The van der Waals surface area contributed by atoms with E-state index in [1.54, 1.807) is 7.11 Å². The third-order valence-electron chi connectivity index (χ3n) is 5.13. The Morgan fingerprint density at radius 2 is 1.62 bits per heavy atom. The molecule has 24 heavy (non-hydrogen) atoms. The minimum absolute atomic E-state index is 0.165. The molecular weight excluding hydrogens is 324 g/mol. The van der Waals surface area contributed by atoms with E-state index >= 15 is 0 Å². The first kappa shape index (κ1) is 18.9. The predicted octanol–water partition coefficient (Wildman–Crippen LogP) is 2.57. The van der Waals surface area contributed by atoms with Crippen LogP contribution in [-0.2, 0) is 14.7 Å². The molecule has 1 atom stereocenters. The lowest BCUT2D eigenvalue weighted by molar-refractivity contribution is 0.0670. The summed E-state index contributed by atoms with van der Waals surface area (Å²) in [6, 6.07) is 9.95. The molecule has 1 unspecified atom stereocenters. The minimum Gasteiger partial charge on any atom is -0.399 e. The van der Waals surface area contributed by atoms with Crippen LogP contribution in [0.1, 0.15) is 33.3 Å².